The maximum Gasteiger partial charge on any atom is 0.330 e. The molecule has 4 rings (SSSR count). The van der Waals surface area contributed by atoms with Gasteiger partial charge in [-0.3, -0.25) is 0 Å². The number of hydrogen-bond acceptors (Lipinski definition) is 7. The number of methoxy groups -OCH3 is 1. The van der Waals surface area contributed by atoms with Gasteiger partial charge in [0.1, 0.15) is 16.8 Å². The second kappa shape index (κ2) is 14.2. The van der Waals surface area contributed by atoms with Crippen LogP contribution in [0.5, 0.6) is 5.75 Å². The highest BCUT2D eigenvalue weighted by molar-refractivity contribution is 7.16. The molecular formula is C36H46N2O3S2. The van der Waals surface area contributed by atoms with Crippen LogP contribution in [-0.2, 0) is 26.8 Å². The third-order valence-corrected chi connectivity index (χ3v) is 10.5. The van der Waals surface area contributed by atoms with Crippen molar-refractivity contribution in [1.82, 2.24) is 8.75 Å². The number of esters is 1. The summed E-state index contributed by atoms with van der Waals surface area (Å²) in [5, 5.41) is 0. The number of carbonyl (C=O) groups excluding carboxylic acids is 1. The van der Waals surface area contributed by atoms with Gasteiger partial charge in [-0.1, -0.05) is 85.6 Å². The van der Waals surface area contributed by atoms with E-state index < -0.39 is 0 Å². The number of ether oxygens (including phenoxy) is 2. The van der Waals surface area contributed by atoms with Crippen molar-refractivity contribution in [3.8, 4) is 16.2 Å². The highest BCUT2D eigenvalue weighted by Gasteiger charge is 2.29. The van der Waals surface area contributed by atoms with Crippen LogP contribution in [0.1, 0.15) is 95.7 Å². The standard InChI is InChI=1S/C36H46N2O3S2/c1-24(2)36(6,7)30-23-26(34(42-30)28-19-20-29(35(3,4)5)33-32(28)37-43-38-33)13-11-9-10-12-22-41-27-17-14-25(15-18-27)16-21-31(39)40-8/h14-21,23-24H,9-13,22H2,1-8H3/b21-16+. The number of nitrogens with zero attached hydrogens (tertiary/aromatic N) is 2. The van der Waals surface area contributed by atoms with E-state index in [-0.39, 0.29) is 16.8 Å². The van der Waals surface area contributed by atoms with Crippen molar-refractivity contribution < 1.29 is 14.3 Å². The summed E-state index contributed by atoms with van der Waals surface area (Å²) in [6.07, 6.45) is 8.66. The second-order valence-electron chi connectivity index (χ2n) is 13.2. The number of unbranched alkanes of at least 4 members (excludes halogenated alkanes) is 3. The van der Waals surface area contributed by atoms with Crippen LogP contribution in [0.25, 0.3) is 27.6 Å². The monoisotopic (exact) mass is 618 g/mol. The van der Waals surface area contributed by atoms with Gasteiger partial charge < -0.3 is 9.47 Å². The number of thiophene rings is 1. The first-order valence-electron chi connectivity index (χ1n) is 15.3. The number of aryl methyl sites for hydroxylation is 1. The zero-order valence-electron chi connectivity index (χ0n) is 27.0. The molecule has 2 aromatic heterocycles. The molecule has 7 heteroatoms. The van der Waals surface area contributed by atoms with Crippen molar-refractivity contribution in [3.63, 3.8) is 0 Å². The fourth-order valence-corrected chi connectivity index (χ4v) is 7.03. The van der Waals surface area contributed by atoms with Crippen molar-refractivity contribution in [2.45, 2.75) is 91.4 Å². The van der Waals surface area contributed by atoms with Crippen LogP contribution < -0.4 is 4.74 Å². The number of aromatic nitrogens is 2. The molecule has 0 radical (unpaired) electrons. The van der Waals surface area contributed by atoms with Crippen LogP contribution in [0, 0.1) is 5.92 Å². The Bertz CT molecular complexity index is 1540. The van der Waals surface area contributed by atoms with E-state index in [1.165, 1.54) is 51.4 Å². The van der Waals surface area contributed by atoms with Crippen LogP contribution in [-0.4, -0.2) is 28.4 Å². The van der Waals surface area contributed by atoms with Crippen LogP contribution >= 0.6 is 23.1 Å². The summed E-state index contributed by atoms with van der Waals surface area (Å²) < 4.78 is 20.1. The lowest BCUT2D eigenvalue weighted by atomic mass is 9.79. The molecule has 0 amide bonds. The van der Waals surface area contributed by atoms with Crippen LogP contribution in [0.3, 0.4) is 0 Å². The average Bonchev–Trinajstić information content (AvgIpc) is 3.63. The summed E-state index contributed by atoms with van der Waals surface area (Å²) in [4.78, 5) is 14.1. The van der Waals surface area contributed by atoms with E-state index in [0.29, 0.717) is 12.5 Å². The van der Waals surface area contributed by atoms with Gasteiger partial charge in [-0.25, -0.2) is 4.79 Å². The summed E-state index contributed by atoms with van der Waals surface area (Å²) in [5.41, 5.74) is 7.07. The van der Waals surface area contributed by atoms with Crippen molar-refractivity contribution in [3.05, 3.63) is 70.1 Å². The Labute approximate surface area is 265 Å². The maximum absolute atomic E-state index is 11.3. The highest BCUT2D eigenvalue weighted by atomic mass is 32.1. The highest BCUT2D eigenvalue weighted by Crippen LogP contribution is 2.45. The quantitative estimate of drug-likeness (QED) is 0.0848. The molecule has 0 saturated carbocycles. The molecule has 5 nitrogen and oxygen atoms in total. The molecule has 0 fully saturated rings. The first-order chi connectivity index (χ1) is 20.4. The number of hydrogen-bond donors (Lipinski definition) is 0. The van der Waals surface area contributed by atoms with Crippen molar-refractivity contribution in [1.29, 1.82) is 0 Å². The Morgan fingerprint density at radius 1 is 0.930 bits per heavy atom. The fraction of sp³-hybridized carbons (Fsp3) is 0.472. The predicted octanol–water partition coefficient (Wildman–Crippen LogP) is 10.0. The molecule has 4 aromatic rings. The van der Waals surface area contributed by atoms with Gasteiger partial charge in [0, 0.05) is 26.8 Å². The van der Waals surface area contributed by atoms with Crippen molar-refractivity contribution >= 4 is 46.1 Å². The molecule has 2 aromatic carbocycles. The summed E-state index contributed by atoms with van der Waals surface area (Å²) in [6.45, 7) is 16.8. The van der Waals surface area contributed by atoms with Gasteiger partial charge in [0.15, 0.2) is 0 Å². The molecule has 0 aliphatic carbocycles. The van der Waals surface area contributed by atoms with Crippen LogP contribution in [0.2, 0.25) is 0 Å². The minimum Gasteiger partial charge on any atom is -0.494 e. The largest absolute Gasteiger partial charge is 0.494 e. The topological polar surface area (TPSA) is 61.3 Å². The minimum absolute atomic E-state index is 0.0197. The number of carbonyl (C=O) groups is 1. The van der Waals surface area contributed by atoms with E-state index in [4.69, 9.17) is 13.5 Å². The van der Waals surface area contributed by atoms with Crippen LogP contribution in [0.4, 0.5) is 0 Å². The number of rotatable bonds is 13. The molecule has 0 aliphatic heterocycles. The number of benzene rings is 2. The first kappa shape index (κ1) is 32.9. The van der Waals surface area contributed by atoms with Crippen molar-refractivity contribution in [2.75, 3.05) is 13.7 Å². The summed E-state index contributed by atoms with van der Waals surface area (Å²) in [6, 6.07) is 14.8. The SMILES string of the molecule is COC(=O)/C=C/c1ccc(OCCCCCCc2cc(C(C)(C)C(C)C)sc2-c2ccc(C(C)(C)C)c3nsnc23)cc1. The lowest BCUT2D eigenvalue weighted by Crippen LogP contribution is -2.22. The maximum atomic E-state index is 11.3. The van der Waals surface area contributed by atoms with Gasteiger partial charge in [0.25, 0.3) is 0 Å². The molecule has 230 valence electrons. The Balaban J connectivity index is 1.39. The Morgan fingerprint density at radius 3 is 2.30 bits per heavy atom. The molecule has 0 atom stereocenters. The molecule has 0 N–H and O–H groups in total. The third kappa shape index (κ3) is 8.12. The first-order valence-corrected chi connectivity index (χ1v) is 16.8. The molecule has 0 unspecified atom stereocenters. The Hall–Kier alpha value is -3.03. The minimum atomic E-state index is -0.362. The molecule has 0 aliphatic rings. The Morgan fingerprint density at radius 2 is 1.63 bits per heavy atom. The van der Waals surface area contributed by atoms with Crippen LogP contribution in [0.15, 0.2) is 48.5 Å². The van der Waals surface area contributed by atoms with Gasteiger partial charge in [-0.15, -0.1) is 11.3 Å². The van der Waals surface area contributed by atoms with E-state index in [0.717, 1.165) is 54.5 Å². The molecule has 43 heavy (non-hydrogen) atoms. The normalized spacial score (nSPS) is 12.5. The summed E-state index contributed by atoms with van der Waals surface area (Å²) in [5.74, 6) is 1.03. The van der Waals surface area contributed by atoms with Gasteiger partial charge in [-0.2, -0.15) is 8.75 Å². The Kier molecular flexibility index (Phi) is 10.8. The van der Waals surface area contributed by atoms with E-state index >= 15 is 0 Å². The lowest BCUT2D eigenvalue weighted by Gasteiger charge is -2.28. The van der Waals surface area contributed by atoms with E-state index in [1.54, 1.807) is 6.08 Å². The molecule has 2 heterocycles. The molecule has 0 saturated heterocycles. The van der Waals surface area contributed by atoms with E-state index in [9.17, 15) is 4.79 Å². The lowest BCUT2D eigenvalue weighted by molar-refractivity contribution is -0.134. The predicted molar refractivity (Wildman–Crippen MR) is 182 cm³/mol. The van der Waals surface area contributed by atoms with Gasteiger partial charge in [0.2, 0.25) is 0 Å². The van der Waals surface area contributed by atoms with Gasteiger partial charge in [-0.05, 0) is 71.6 Å². The molecular weight excluding hydrogens is 573 g/mol. The van der Waals surface area contributed by atoms with Crippen molar-refractivity contribution in [2.24, 2.45) is 5.92 Å². The average molecular weight is 619 g/mol. The summed E-state index contributed by atoms with van der Waals surface area (Å²) >= 11 is 3.27. The van der Waals surface area contributed by atoms with Gasteiger partial charge >= 0.3 is 5.97 Å². The fourth-order valence-electron chi connectivity index (χ4n) is 4.97. The third-order valence-electron chi connectivity index (χ3n) is 8.46. The van der Waals surface area contributed by atoms with Gasteiger partial charge in [0.05, 0.1) is 25.4 Å². The van der Waals surface area contributed by atoms with E-state index in [1.807, 2.05) is 35.6 Å². The smallest absolute Gasteiger partial charge is 0.330 e. The molecule has 0 bridgehead atoms. The van der Waals surface area contributed by atoms with E-state index in [2.05, 4.69) is 71.4 Å². The molecule has 0 spiro atoms. The zero-order chi connectivity index (χ0) is 31.2. The zero-order valence-corrected chi connectivity index (χ0v) is 28.6. The summed E-state index contributed by atoms with van der Waals surface area (Å²) in [7, 11) is 1.37. The second-order valence-corrected chi connectivity index (χ2v) is 14.7. The number of fused-ring (bicyclic) bond motifs is 1.